The number of fused-ring (bicyclic) bond motifs is 6. The Kier molecular flexibility index (Phi) is 23.2. The number of ether oxygens (including phenoxy) is 6. The lowest BCUT2D eigenvalue weighted by Crippen LogP contribution is -2.47. The summed E-state index contributed by atoms with van der Waals surface area (Å²) in [4.78, 5) is 126. The van der Waals surface area contributed by atoms with E-state index in [0.717, 1.165) is 72.9 Å². The molecule has 0 spiro atoms. The number of rotatable bonds is 18. The van der Waals surface area contributed by atoms with E-state index in [1.807, 2.05) is 86.7 Å². The van der Waals surface area contributed by atoms with Crippen LogP contribution in [0.4, 0.5) is 0 Å². The first-order valence-corrected chi connectivity index (χ1v) is 43.1. The Labute approximate surface area is 646 Å². The van der Waals surface area contributed by atoms with Gasteiger partial charge in [0.1, 0.15) is 34.9 Å². The lowest BCUT2D eigenvalue weighted by molar-refractivity contribution is -0.160. The molecule has 4 amide bonds. The zero-order chi connectivity index (χ0) is 78.6. The Balaban J connectivity index is 0.000000193. The Morgan fingerprint density at radius 3 is 1.20 bits per heavy atom. The molecule has 2 saturated heterocycles. The maximum absolute atomic E-state index is 14.9. The molecule has 6 saturated carbocycles. The summed E-state index contributed by atoms with van der Waals surface area (Å²) in [6.45, 7) is 19.1. The van der Waals surface area contributed by atoms with Crippen LogP contribution in [-0.4, -0.2) is 155 Å². The fourth-order valence-corrected chi connectivity index (χ4v) is 19.6. The molecule has 0 radical (unpaired) electrons. The van der Waals surface area contributed by atoms with Crippen molar-refractivity contribution in [3.05, 3.63) is 85.2 Å². The second-order valence-corrected chi connectivity index (χ2v) is 39.5. The molecule has 0 bridgehead atoms. The van der Waals surface area contributed by atoms with Gasteiger partial charge in [-0.2, -0.15) is 0 Å². The molecule has 0 unspecified atom stereocenters. The molecule has 26 heteroatoms. The molecule has 8 fully saturated rings. The fourth-order valence-electron chi connectivity index (χ4n) is 16.8. The number of benzene rings is 2. The smallest absolute Gasteiger partial charge is 0.307 e. The molecule has 14 rings (SSSR count). The van der Waals surface area contributed by atoms with Gasteiger partial charge in [-0.05, 0) is 192 Å². The fraction of sp³-hybridized carbons (Fsp3) is 0.643. The van der Waals surface area contributed by atoms with Crippen molar-refractivity contribution in [1.82, 2.24) is 29.2 Å². The van der Waals surface area contributed by atoms with Crippen LogP contribution in [0.2, 0.25) is 0 Å². The molecular formula is C84H110N6O18S2. The molecular weight excluding hydrogens is 1450 g/mol. The highest BCUT2D eigenvalue weighted by Gasteiger charge is 2.64. The van der Waals surface area contributed by atoms with Gasteiger partial charge < -0.3 is 38.2 Å². The Morgan fingerprint density at radius 1 is 0.491 bits per heavy atom. The van der Waals surface area contributed by atoms with E-state index < -0.39 is 112 Å². The number of sulfonamides is 2. The maximum atomic E-state index is 14.9. The highest BCUT2D eigenvalue weighted by molar-refractivity contribution is 7.91. The second kappa shape index (κ2) is 31.9. The van der Waals surface area contributed by atoms with Crippen LogP contribution in [0.1, 0.15) is 210 Å². The highest BCUT2D eigenvalue weighted by Crippen LogP contribution is 2.59. The van der Waals surface area contributed by atoms with Crippen LogP contribution in [-0.2, 0) is 67.9 Å². The lowest BCUT2D eigenvalue weighted by atomic mass is 9.82. The first-order chi connectivity index (χ1) is 52.1. The summed E-state index contributed by atoms with van der Waals surface area (Å²) in [5, 5.41) is 2.00. The number of carbonyl (C=O) groups excluding carboxylic acids is 8. The number of Topliss-reactive ketones (excluding diaryl/α,β-unsaturated/α-hetero) is 2. The highest BCUT2D eigenvalue weighted by atomic mass is 32.2. The number of esters is 2. The largest absolute Gasteiger partial charge is 0.488 e. The average Bonchev–Trinajstić information content (AvgIpc) is 1.57. The third kappa shape index (κ3) is 19.2. The Hall–Kier alpha value is -8.00. The molecule has 24 nitrogen and oxygen atoms in total. The number of allylic oxidation sites excluding steroid dienone is 4. The van der Waals surface area contributed by atoms with Crippen molar-refractivity contribution in [1.29, 1.82) is 0 Å². The van der Waals surface area contributed by atoms with Crippen LogP contribution >= 0.6 is 0 Å². The van der Waals surface area contributed by atoms with Gasteiger partial charge in [0.15, 0.2) is 11.6 Å². The van der Waals surface area contributed by atoms with E-state index in [1.54, 1.807) is 53.9 Å². The number of hydrogen-bond donors (Lipinski definition) is 2. The van der Waals surface area contributed by atoms with Crippen LogP contribution < -0.4 is 28.4 Å². The minimum absolute atomic E-state index is 0.0667. The summed E-state index contributed by atoms with van der Waals surface area (Å²) in [6.07, 6.45) is 21.0. The van der Waals surface area contributed by atoms with E-state index in [2.05, 4.69) is 33.3 Å². The SMILES string of the molecule is C[C@@H]1CC/C=C\[C@@H]2C[C@@]2(C(=O)NS(=O)(=O)C2CC2)CC(=O)[C@@H]2C[C@@H](Oc3ncc(OC4CC4)c4ccccc34)CN2C(=O)[C@@H](CC(=O)OC(C)(C)C)[C@H](C)C1.C[C@H]1CC/C=C\[C@@H]2C[C@@]2(C(=O)NS(=O)(=O)C2CC2)CC(=O)[C@@H]2C[C@@H](Oc3ncc(OC4CC4)c4ccccc34)CN2C(=O)[C@@H](CC(=O)OC(C)(C)C)[C@H](C)C1. The first-order valence-electron chi connectivity index (χ1n) is 40.0. The normalized spacial score (nSPS) is 31.0. The van der Waals surface area contributed by atoms with Gasteiger partial charge in [0, 0.05) is 47.2 Å². The molecule has 596 valence electrons. The number of nitrogens with zero attached hydrogens (tertiary/aromatic N) is 4. The van der Waals surface area contributed by atoms with Gasteiger partial charge in [-0.25, -0.2) is 26.8 Å². The molecule has 14 atom stereocenters. The number of nitrogens with one attached hydrogen (secondary N) is 2. The van der Waals surface area contributed by atoms with Crippen molar-refractivity contribution in [3.63, 3.8) is 0 Å². The molecule has 6 heterocycles. The van der Waals surface area contributed by atoms with Gasteiger partial charge in [0.05, 0.1) is 95.8 Å². The zero-order valence-electron chi connectivity index (χ0n) is 65.2. The molecule has 2 aromatic heterocycles. The van der Waals surface area contributed by atoms with Crippen molar-refractivity contribution >= 4 is 88.7 Å². The molecule has 4 aromatic rings. The second-order valence-electron chi connectivity index (χ2n) is 35.6. The van der Waals surface area contributed by atoms with Gasteiger partial charge >= 0.3 is 11.9 Å². The van der Waals surface area contributed by atoms with E-state index in [1.165, 1.54) is 9.80 Å². The van der Waals surface area contributed by atoms with Crippen LogP contribution in [0.15, 0.2) is 85.2 Å². The molecule has 2 N–H and O–H groups in total. The molecule has 6 aliphatic carbocycles. The predicted molar refractivity (Wildman–Crippen MR) is 411 cm³/mol. The average molecular weight is 1560 g/mol. The number of ketones is 2. The third-order valence-electron chi connectivity index (χ3n) is 23.6. The van der Waals surface area contributed by atoms with E-state index in [4.69, 9.17) is 28.4 Å². The van der Waals surface area contributed by atoms with Gasteiger partial charge in [-0.15, -0.1) is 0 Å². The van der Waals surface area contributed by atoms with Gasteiger partial charge in [-0.3, -0.25) is 47.8 Å². The van der Waals surface area contributed by atoms with Crippen molar-refractivity contribution in [2.24, 2.45) is 58.2 Å². The summed E-state index contributed by atoms with van der Waals surface area (Å²) < 4.78 is 93.1. The van der Waals surface area contributed by atoms with E-state index in [0.29, 0.717) is 74.6 Å². The zero-order valence-corrected chi connectivity index (χ0v) is 66.9. The number of carbonyl (C=O) groups is 8. The molecule has 10 aliphatic rings. The number of amides is 4. The van der Waals surface area contributed by atoms with Crippen LogP contribution in [0, 0.1) is 58.2 Å². The van der Waals surface area contributed by atoms with Crippen molar-refractivity contribution in [2.45, 2.75) is 269 Å². The van der Waals surface area contributed by atoms with Gasteiger partial charge in [-0.1, -0.05) is 88.4 Å². The van der Waals surface area contributed by atoms with E-state index in [9.17, 15) is 55.2 Å². The first kappa shape index (κ1) is 80.1. The van der Waals surface area contributed by atoms with Crippen molar-refractivity contribution in [3.8, 4) is 23.3 Å². The van der Waals surface area contributed by atoms with Crippen molar-refractivity contribution in [2.75, 3.05) is 13.1 Å². The van der Waals surface area contributed by atoms with Crippen LogP contribution in [0.25, 0.3) is 21.5 Å². The minimum Gasteiger partial charge on any atom is -0.488 e. The summed E-state index contributed by atoms with van der Waals surface area (Å²) >= 11 is 0. The minimum atomic E-state index is -3.85. The predicted octanol–water partition coefficient (Wildman–Crippen LogP) is 12.1. The topological polar surface area (TPSA) is 317 Å². The van der Waals surface area contributed by atoms with Crippen LogP contribution in [0.5, 0.6) is 23.3 Å². The number of hydrogen-bond acceptors (Lipinski definition) is 20. The maximum Gasteiger partial charge on any atom is 0.307 e. The van der Waals surface area contributed by atoms with E-state index >= 15 is 0 Å². The lowest BCUT2D eigenvalue weighted by Gasteiger charge is -2.32. The molecule has 110 heavy (non-hydrogen) atoms. The van der Waals surface area contributed by atoms with Gasteiger partial charge in [0.25, 0.3) is 0 Å². The summed E-state index contributed by atoms with van der Waals surface area (Å²) in [5.74, 6) is -3.74. The Bertz CT molecular complexity index is 4220. The Morgan fingerprint density at radius 2 is 0.855 bits per heavy atom. The number of pyridine rings is 2. The standard InChI is InChI=1S/2C42H55N3O9S/c2*1-25-10-6-7-11-27-21-42(27,40(49)44-55(50,51)30-16-17-30)22-35(46)34-19-29(24-45(34)39(48)33(26(2)18-25)20-37(47)54-41(3,4)5)53-38-32-13-9-8-12-31(32)36(23-43-38)52-28-14-15-28/h2*7-9,11-13,23,25-30,33-34H,6,10,14-22,24H2,1-5H3,(H,44,49)/b2*11-7-/t25-,26+,27+,29+,33-,34-,42+;25-,26-,27-,29-,33+,34+,42-/m01/s1. The van der Waals surface area contributed by atoms with Gasteiger partial charge in [0.2, 0.25) is 55.4 Å². The summed E-state index contributed by atoms with van der Waals surface area (Å²) in [5.41, 5.74) is -3.97. The van der Waals surface area contributed by atoms with Crippen LogP contribution in [0.3, 0.4) is 0 Å². The monoisotopic (exact) mass is 1550 g/mol. The quantitative estimate of drug-likeness (QED) is 0.0690. The van der Waals surface area contributed by atoms with E-state index in [-0.39, 0.29) is 123 Å². The third-order valence-corrected chi connectivity index (χ3v) is 27.2. The van der Waals surface area contributed by atoms with Crippen molar-refractivity contribution < 1.29 is 83.6 Å². The molecule has 2 aromatic carbocycles. The summed E-state index contributed by atoms with van der Waals surface area (Å²) in [6, 6.07) is 13.4. The molecule has 4 aliphatic heterocycles. The summed E-state index contributed by atoms with van der Waals surface area (Å²) in [7, 11) is -7.70. The number of aromatic nitrogens is 2.